The van der Waals surface area contributed by atoms with Crippen LogP contribution in [0.3, 0.4) is 0 Å². The number of ketones is 1. The van der Waals surface area contributed by atoms with Crippen molar-refractivity contribution < 1.29 is 14.6 Å². The topological polar surface area (TPSA) is 49.8 Å². The monoisotopic (exact) mass is 279 g/mol. The van der Waals surface area contributed by atoms with E-state index >= 15 is 0 Å². The number of nitrogens with zero attached hydrogens (tertiary/aromatic N) is 1. The predicted molar refractivity (Wildman–Crippen MR) is 80.3 cm³/mol. The van der Waals surface area contributed by atoms with Crippen LogP contribution >= 0.6 is 0 Å². The second kappa shape index (κ2) is 8.72. The lowest BCUT2D eigenvalue weighted by Gasteiger charge is -2.22. The molecule has 1 aromatic rings. The summed E-state index contributed by atoms with van der Waals surface area (Å²) in [6.07, 6.45) is 0.754. The molecule has 4 nitrogen and oxygen atoms in total. The molecule has 0 amide bonds. The molecule has 1 rings (SSSR count). The molecule has 112 valence electrons. The lowest BCUT2D eigenvalue weighted by atomic mass is 10.1. The van der Waals surface area contributed by atoms with Gasteiger partial charge in [-0.15, -0.1) is 0 Å². The molecular weight excluding hydrogens is 254 g/mol. The van der Waals surface area contributed by atoms with E-state index in [1.807, 2.05) is 19.1 Å². The van der Waals surface area contributed by atoms with Crippen LogP contribution in [0.4, 0.5) is 0 Å². The average molecular weight is 279 g/mol. The predicted octanol–water partition coefficient (Wildman–Crippen LogP) is 2.49. The van der Waals surface area contributed by atoms with E-state index in [0.29, 0.717) is 12.2 Å². The van der Waals surface area contributed by atoms with Gasteiger partial charge in [-0.1, -0.05) is 6.92 Å². The molecule has 0 aliphatic rings. The van der Waals surface area contributed by atoms with E-state index in [-0.39, 0.29) is 12.4 Å². The molecular formula is C16H25NO3. The van der Waals surface area contributed by atoms with Gasteiger partial charge in [-0.25, -0.2) is 0 Å². The third-order valence-corrected chi connectivity index (χ3v) is 3.24. The summed E-state index contributed by atoms with van der Waals surface area (Å²) in [6, 6.07) is 5.59. The summed E-state index contributed by atoms with van der Waals surface area (Å²) >= 11 is 0. The molecule has 20 heavy (non-hydrogen) atoms. The van der Waals surface area contributed by atoms with Crippen molar-refractivity contribution in [3.63, 3.8) is 0 Å². The molecule has 0 aromatic heterocycles. The van der Waals surface area contributed by atoms with Gasteiger partial charge >= 0.3 is 0 Å². The summed E-state index contributed by atoms with van der Waals surface area (Å²) in [4.78, 5) is 13.7. The van der Waals surface area contributed by atoms with Crippen LogP contribution in [0, 0.1) is 0 Å². The molecule has 0 heterocycles. The first-order valence-electron chi connectivity index (χ1n) is 7.22. The molecule has 1 aromatic carbocycles. The number of aliphatic hydroxyl groups excluding tert-OH is 1. The van der Waals surface area contributed by atoms with E-state index in [9.17, 15) is 4.79 Å². The van der Waals surface area contributed by atoms with Crippen LogP contribution in [-0.4, -0.2) is 42.1 Å². The molecule has 0 aliphatic carbocycles. The number of carbonyl (C=O) groups excluding carboxylic acids is 1. The van der Waals surface area contributed by atoms with Crippen LogP contribution in [0.15, 0.2) is 18.2 Å². The number of ether oxygens (including phenoxy) is 1. The highest BCUT2D eigenvalue weighted by molar-refractivity contribution is 5.94. The van der Waals surface area contributed by atoms with Crippen LogP contribution in [0.2, 0.25) is 0 Å². The Morgan fingerprint density at radius 2 is 2.10 bits per heavy atom. The summed E-state index contributed by atoms with van der Waals surface area (Å²) in [5, 5.41) is 8.94. The van der Waals surface area contributed by atoms with Crippen molar-refractivity contribution in [2.24, 2.45) is 0 Å². The molecule has 4 heteroatoms. The average Bonchev–Trinajstić information content (AvgIpc) is 2.44. The SMILES string of the molecule is CCOc1ccc(C(C)=O)cc1CN(CC)CCCO. The van der Waals surface area contributed by atoms with Crippen LogP contribution in [0.5, 0.6) is 5.75 Å². The third kappa shape index (κ3) is 4.94. The second-order valence-electron chi connectivity index (χ2n) is 4.76. The van der Waals surface area contributed by atoms with Gasteiger partial charge in [0.05, 0.1) is 6.61 Å². The lowest BCUT2D eigenvalue weighted by molar-refractivity contribution is 0.101. The van der Waals surface area contributed by atoms with Gasteiger partial charge in [0.1, 0.15) is 5.75 Å². The maximum absolute atomic E-state index is 11.5. The summed E-state index contributed by atoms with van der Waals surface area (Å²) < 4.78 is 5.63. The third-order valence-electron chi connectivity index (χ3n) is 3.24. The smallest absolute Gasteiger partial charge is 0.159 e. The van der Waals surface area contributed by atoms with Gasteiger partial charge in [0.25, 0.3) is 0 Å². The summed E-state index contributed by atoms with van der Waals surface area (Å²) in [6.45, 7) is 8.88. The summed E-state index contributed by atoms with van der Waals surface area (Å²) in [5.41, 5.74) is 1.74. The number of benzene rings is 1. The molecule has 0 saturated carbocycles. The molecule has 0 atom stereocenters. The minimum absolute atomic E-state index is 0.0627. The zero-order chi connectivity index (χ0) is 15.0. The van der Waals surface area contributed by atoms with Gasteiger partial charge in [0.2, 0.25) is 0 Å². The normalized spacial score (nSPS) is 10.8. The fourth-order valence-corrected chi connectivity index (χ4v) is 2.10. The minimum Gasteiger partial charge on any atom is -0.494 e. The van der Waals surface area contributed by atoms with E-state index in [1.165, 1.54) is 0 Å². The van der Waals surface area contributed by atoms with Gasteiger partial charge in [-0.05, 0) is 45.0 Å². The van der Waals surface area contributed by atoms with Gasteiger partial charge < -0.3 is 9.84 Å². The first-order valence-corrected chi connectivity index (χ1v) is 7.22. The largest absolute Gasteiger partial charge is 0.494 e. The first-order chi connectivity index (χ1) is 9.62. The highest BCUT2D eigenvalue weighted by atomic mass is 16.5. The fraction of sp³-hybridized carbons (Fsp3) is 0.562. The van der Waals surface area contributed by atoms with Crippen molar-refractivity contribution in [1.29, 1.82) is 0 Å². The molecule has 1 N–H and O–H groups in total. The van der Waals surface area contributed by atoms with E-state index in [0.717, 1.165) is 37.4 Å². The number of rotatable bonds is 9. The number of aliphatic hydroxyl groups is 1. The van der Waals surface area contributed by atoms with Crippen molar-refractivity contribution >= 4 is 5.78 Å². The van der Waals surface area contributed by atoms with E-state index in [1.54, 1.807) is 13.0 Å². The quantitative estimate of drug-likeness (QED) is 0.706. The van der Waals surface area contributed by atoms with Gasteiger partial charge in [-0.3, -0.25) is 9.69 Å². The summed E-state index contributed by atoms with van der Waals surface area (Å²) in [5.74, 6) is 0.896. The lowest BCUT2D eigenvalue weighted by Crippen LogP contribution is -2.25. The molecule has 0 bridgehead atoms. The van der Waals surface area contributed by atoms with Gasteiger partial charge in [-0.2, -0.15) is 0 Å². The van der Waals surface area contributed by atoms with Crippen LogP contribution < -0.4 is 4.74 Å². The second-order valence-corrected chi connectivity index (χ2v) is 4.76. The summed E-state index contributed by atoms with van der Waals surface area (Å²) in [7, 11) is 0. The standard InChI is InChI=1S/C16H25NO3/c1-4-17(9-6-10-18)12-15-11-14(13(3)19)7-8-16(15)20-5-2/h7-8,11,18H,4-6,9-10,12H2,1-3H3. The number of hydrogen-bond acceptors (Lipinski definition) is 4. The van der Waals surface area contributed by atoms with E-state index < -0.39 is 0 Å². The van der Waals surface area contributed by atoms with Crippen LogP contribution in [-0.2, 0) is 6.54 Å². The Balaban J connectivity index is 2.92. The minimum atomic E-state index is 0.0627. The van der Waals surface area contributed by atoms with Crippen molar-refractivity contribution in [3.8, 4) is 5.75 Å². The van der Waals surface area contributed by atoms with Gasteiger partial charge in [0, 0.05) is 30.8 Å². The molecule has 0 unspecified atom stereocenters. The molecule has 0 fully saturated rings. The molecule has 0 aliphatic heterocycles. The number of carbonyl (C=O) groups is 1. The first kappa shape index (κ1) is 16.7. The Labute approximate surface area is 121 Å². The molecule has 0 radical (unpaired) electrons. The number of hydrogen-bond donors (Lipinski definition) is 1. The van der Waals surface area contributed by atoms with Gasteiger partial charge in [0.15, 0.2) is 5.78 Å². The fourth-order valence-electron chi connectivity index (χ4n) is 2.10. The van der Waals surface area contributed by atoms with E-state index in [2.05, 4.69) is 11.8 Å². The Hall–Kier alpha value is -1.39. The molecule has 0 saturated heterocycles. The van der Waals surface area contributed by atoms with Crippen molar-refractivity contribution in [2.75, 3.05) is 26.3 Å². The van der Waals surface area contributed by atoms with Crippen LogP contribution in [0.1, 0.15) is 43.1 Å². The Morgan fingerprint density at radius 3 is 2.65 bits per heavy atom. The van der Waals surface area contributed by atoms with Crippen molar-refractivity contribution in [1.82, 2.24) is 4.90 Å². The van der Waals surface area contributed by atoms with Crippen molar-refractivity contribution in [3.05, 3.63) is 29.3 Å². The Morgan fingerprint density at radius 1 is 1.35 bits per heavy atom. The van der Waals surface area contributed by atoms with Crippen LogP contribution in [0.25, 0.3) is 0 Å². The highest BCUT2D eigenvalue weighted by Gasteiger charge is 2.11. The number of Topliss-reactive ketones (excluding diaryl/α,β-unsaturated/α-hetero) is 1. The zero-order valence-electron chi connectivity index (χ0n) is 12.7. The maximum atomic E-state index is 11.5. The maximum Gasteiger partial charge on any atom is 0.159 e. The Kier molecular flexibility index (Phi) is 7.26. The highest BCUT2D eigenvalue weighted by Crippen LogP contribution is 2.22. The Bertz CT molecular complexity index is 432. The van der Waals surface area contributed by atoms with Crippen molar-refractivity contribution in [2.45, 2.75) is 33.7 Å². The van der Waals surface area contributed by atoms with E-state index in [4.69, 9.17) is 9.84 Å². The zero-order valence-corrected chi connectivity index (χ0v) is 12.7. The molecule has 0 spiro atoms.